The molecule has 1 aromatic carbocycles. The molecule has 2 heterocycles. The van der Waals surface area contributed by atoms with Gasteiger partial charge in [-0.15, -0.1) is 11.3 Å². The molecule has 0 saturated carbocycles. The maximum absolute atomic E-state index is 12.2. The number of carbonyl (C=O) groups excluding carboxylic acids is 1. The summed E-state index contributed by atoms with van der Waals surface area (Å²) in [6.07, 6.45) is 4.34. The van der Waals surface area contributed by atoms with Crippen molar-refractivity contribution in [2.45, 2.75) is 13.0 Å². The van der Waals surface area contributed by atoms with Gasteiger partial charge in [0.25, 0.3) is 5.91 Å². The van der Waals surface area contributed by atoms with E-state index in [0.29, 0.717) is 12.2 Å². The third-order valence-electron chi connectivity index (χ3n) is 3.59. The molecule has 0 fully saturated rings. The van der Waals surface area contributed by atoms with Gasteiger partial charge in [-0.05, 0) is 17.5 Å². The van der Waals surface area contributed by atoms with Crippen molar-refractivity contribution in [1.82, 2.24) is 20.1 Å². The first-order valence-electron chi connectivity index (χ1n) is 7.57. The number of hydrogen-bond acceptors (Lipinski definition) is 5. The van der Waals surface area contributed by atoms with Crippen LogP contribution in [0.5, 0.6) is 0 Å². The van der Waals surface area contributed by atoms with E-state index in [4.69, 9.17) is 5.11 Å². The van der Waals surface area contributed by atoms with Crippen LogP contribution in [0.15, 0.2) is 42.0 Å². The zero-order valence-corrected chi connectivity index (χ0v) is 14.1. The molecule has 0 atom stereocenters. The highest BCUT2D eigenvalue weighted by atomic mass is 32.1. The van der Waals surface area contributed by atoms with Gasteiger partial charge in [0.05, 0.1) is 12.8 Å². The third kappa shape index (κ3) is 3.87. The van der Waals surface area contributed by atoms with Crippen molar-refractivity contribution in [2.24, 2.45) is 7.05 Å². The zero-order chi connectivity index (χ0) is 16.9. The van der Waals surface area contributed by atoms with E-state index in [1.54, 1.807) is 16.3 Å². The molecule has 0 aliphatic rings. The number of hydrogen-bond donors (Lipinski definition) is 2. The molecule has 0 unspecified atom stereocenters. The molecule has 0 spiro atoms. The van der Waals surface area contributed by atoms with Gasteiger partial charge in [0, 0.05) is 30.7 Å². The second-order valence-corrected chi connectivity index (χ2v) is 6.28. The lowest BCUT2D eigenvalue weighted by atomic mass is 10.1. The summed E-state index contributed by atoms with van der Waals surface area (Å²) in [5, 5.41) is 18.6. The molecule has 2 aromatic heterocycles. The summed E-state index contributed by atoms with van der Waals surface area (Å²) >= 11 is 1.43. The van der Waals surface area contributed by atoms with E-state index in [2.05, 4.69) is 15.4 Å². The fourth-order valence-electron chi connectivity index (χ4n) is 2.26. The molecule has 7 heteroatoms. The van der Waals surface area contributed by atoms with E-state index in [-0.39, 0.29) is 12.5 Å². The van der Waals surface area contributed by atoms with E-state index in [0.717, 1.165) is 28.1 Å². The molecule has 0 aliphatic heterocycles. The molecular formula is C17H18N4O2S. The SMILES string of the molecule is Cn1cc(-c2nc(C(=O)NCCc3ccc(CO)cc3)cs2)cn1. The van der Waals surface area contributed by atoms with Crippen molar-refractivity contribution < 1.29 is 9.90 Å². The third-order valence-corrected chi connectivity index (χ3v) is 4.48. The smallest absolute Gasteiger partial charge is 0.270 e. The summed E-state index contributed by atoms with van der Waals surface area (Å²) in [6, 6.07) is 7.69. The van der Waals surface area contributed by atoms with Gasteiger partial charge in [-0.1, -0.05) is 24.3 Å². The molecule has 124 valence electrons. The van der Waals surface area contributed by atoms with Gasteiger partial charge in [0.1, 0.15) is 10.7 Å². The second kappa shape index (κ2) is 7.37. The Kier molecular flexibility index (Phi) is 5.02. The monoisotopic (exact) mass is 342 g/mol. The lowest BCUT2D eigenvalue weighted by Crippen LogP contribution is -2.25. The van der Waals surface area contributed by atoms with Crippen LogP contribution in [0.1, 0.15) is 21.6 Å². The zero-order valence-electron chi connectivity index (χ0n) is 13.3. The number of carbonyl (C=O) groups is 1. The Balaban J connectivity index is 1.54. The predicted molar refractivity (Wildman–Crippen MR) is 92.7 cm³/mol. The molecule has 3 aromatic rings. The molecule has 0 radical (unpaired) electrons. The maximum atomic E-state index is 12.2. The number of nitrogens with zero attached hydrogens (tertiary/aromatic N) is 3. The summed E-state index contributed by atoms with van der Waals surface area (Å²) < 4.78 is 1.71. The molecule has 6 nitrogen and oxygen atoms in total. The van der Waals surface area contributed by atoms with Gasteiger partial charge in [-0.2, -0.15) is 5.10 Å². The number of thiazole rings is 1. The minimum absolute atomic E-state index is 0.0418. The Morgan fingerprint density at radius 3 is 2.71 bits per heavy atom. The van der Waals surface area contributed by atoms with Crippen molar-refractivity contribution in [3.8, 4) is 10.6 Å². The Bertz CT molecular complexity index is 823. The van der Waals surface area contributed by atoms with E-state index in [1.165, 1.54) is 11.3 Å². The summed E-state index contributed by atoms with van der Waals surface area (Å²) in [4.78, 5) is 16.5. The second-order valence-electron chi connectivity index (χ2n) is 5.42. The van der Waals surface area contributed by atoms with Gasteiger partial charge < -0.3 is 10.4 Å². The fourth-order valence-corrected chi connectivity index (χ4v) is 3.04. The highest BCUT2D eigenvalue weighted by molar-refractivity contribution is 7.13. The van der Waals surface area contributed by atoms with Crippen LogP contribution in [0.4, 0.5) is 0 Å². The topological polar surface area (TPSA) is 80.0 Å². The number of nitrogens with one attached hydrogen (secondary N) is 1. The average Bonchev–Trinajstić information content (AvgIpc) is 3.24. The van der Waals surface area contributed by atoms with Crippen LogP contribution in [-0.2, 0) is 20.1 Å². The van der Waals surface area contributed by atoms with Crippen LogP contribution in [0.3, 0.4) is 0 Å². The molecule has 0 aliphatic carbocycles. The minimum atomic E-state index is -0.173. The van der Waals surface area contributed by atoms with Gasteiger partial charge in [-0.3, -0.25) is 9.48 Å². The normalized spacial score (nSPS) is 10.8. The Labute approximate surface area is 143 Å². The first-order chi connectivity index (χ1) is 11.7. The molecule has 24 heavy (non-hydrogen) atoms. The van der Waals surface area contributed by atoms with Crippen molar-refractivity contribution in [1.29, 1.82) is 0 Å². The fraction of sp³-hybridized carbons (Fsp3) is 0.235. The number of benzene rings is 1. The summed E-state index contributed by atoms with van der Waals surface area (Å²) in [7, 11) is 1.85. The minimum Gasteiger partial charge on any atom is -0.392 e. The highest BCUT2D eigenvalue weighted by Gasteiger charge is 2.12. The first kappa shape index (κ1) is 16.4. The van der Waals surface area contributed by atoms with Gasteiger partial charge in [0.15, 0.2) is 0 Å². The Morgan fingerprint density at radius 2 is 2.04 bits per heavy atom. The largest absolute Gasteiger partial charge is 0.392 e. The van der Waals surface area contributed by atoms with E-state index in [1.807, 2.05) is 37.5 Å². The van der Waals surface area contributed by atoms with Gasteiger partial charge in [0.2, 0.25) is 0 Å². The molecule has 1 amide bonds. The number of aromatic nitrogens is 3. The van der Waals surface area contributed by atoms with Crippen LogP contribution in [0.25, 0.3) is 10.6 Å². The number of amides is 1. The number of aliphatic hydroxyl groups is 1. The van der Waals surface area contributed by atoms with Crippen molar-refractivity contribution >= 4 is 17.2 Å². The van der Waals surface area contributed by atoms with Crippen LogP contribution in [0.2, 0.25) is 0 Å². The molecule has 2 N–H and O–H groups in total. The maximum Gasteiger partial charge on any atom is 0.270 e. The molecule has 3 rings (SSSR count). The van der Waals surface area contributed by atoms with Crippen molar-refractivity contribution in [3.05, 3.63) is 58.9 Å². The number of rotatable bonds is 6. The average molecular weight is 342 g/mol. The quantitative estimate of drug-likeness (QED) is 0.718. The summed E-state index contributed by atoms with van der Waals surface area (Å²) in [5.74, 6) is -0.173. The van der Waals surface area contributed by atoms with Crippen LogP contribution in [0, 0.1) is 0 Å². The first-order valence-corrected chi connectivity index (χ1v) is 8.45. The van der Waals surface area contributed by atoms with Crippen molar-refractivity contribution in [3.63, 3.8) is 0 Å². The molecular weight excluding hydrogens is 324 g/mol. The molecule has 0 bridgehead atoms. The van der Waals surface area contributed by atoms with E-state index >= 15 is 0 Å². The molecule has 0 saturated heterocycles. The highest BCUT2D eigenvalue weighted by Crippen LogP contribution is 2.22. The van der Waals surface area contributed by atoms with Gasteiger partial charge in [-0.25, -0.2) is 4.98 Å². The van der Waals surface area contributed by atoms with E-state index < -0.39 is 0 Å². The van der Waals surface area contributed by atoms with Crippen LogP contribution < -0.4 is 5.32 Å². The summed E-state index contributed by atoms with van der Waals surface area (Å²) in [5.41, 5.74) is 3.33. The van der Waals surface area contributed by atoms with Crippen LogP contribution >= 0.6 is 11.3 Å². The Morgan fingerprint density at radius 1 is 1.29 bits per heavy atom. The van der Waals surface area contributed by atoms with Crippen molar-refractivity contribution in [2.75, 3.05) is 6.54 Å². The predicted octanol–water partition coefficient (Wildman–Crippen LogP) is 2.01. The number of aliphatic hydroxyl groups excluding tert-OH is 1. The van der Waals surface area contributed by atoms with Crippen LogP contribution in [-0.4, -0.2) is 32.3 Å². The lowest BCUT2D eigenvalue weighted by molar-refractivity contribution is 0.0950. The number of aryl methyl sites for hydroxylation is 1. The van der Waals surface area contributed by atoms with E-state index in [9.17, 15) is 4.79 Å². The standard InChI is InChI=1S/C17H18N4O2S/c1-21-9-14(8-19-21)17-20-15(11-24-17)16(23)18-7-6-12-2-4-13(10-22)5-3-12/h2-5,8-9,11,22H,6-7,10H2,1H3,(H,18,23). The van der Waals surface area contributed by atoms with Gasteiger partial charge >= 0.3 is 0 Å². The summed E-state index contributed by atoms with van der Waals surface area (Å²) in [6.45, 7) is 0.581. The lowest BCUT2D eigenvalue weighted by Gasteiger charge is -2.04. The Hall–Kier alpha value is -2.51.